The number of amides is 4. The van der Waals surface area contributed by atoms with Crippen LogP contribution in [0.1, 0.15) is 72.9 Å². The van der Waals surface area contributed by atoms with Gasteiger partial charge in [-0.2, -0.15) is 0 Å². The highest BCUT2D eigenvalue weighted by Crippen LogP contribution is 2.38. The van der Waals surface area contributed by atoms with E-state index >= 15 is 0 Å². The van der Waals surface area contributed by atoms with Crippen LogP contribution in [0.15, 0.2) is 59.8 Å². The maximum absolute atomic E-state index is 13.1. The number of nitrogens with zero attached hydrogens (tertiary/aromatic N) is 4. The van der Waals surface area contributed by atoms with Crippen molar-refractivity contribution in [2.45, 2.75) is 70.5 Å². The van der Waals surface area contributed by atoms with Gasteiger partial charge in [-0.05, 0) is 67.6 Å². The molecule has 1 atom stereocenters. The number of hydrogen-bond donors (Lipinski definition) is 3. The van der Waals surface area contributed by atoms with E-state index in [9.17, 15) is 24.0 Å². The number of piperidine rings is 1. The van der Waals surface area contributed by atoms with Crippen LogP contribution < -0.4 is 31.0 Å². The SMILES string of the molecule is COc1cc(-c2cn(C)c(=O)c3cnccc23)cc(OC)c1CN(C)CC(=O)NCCCCCCCCNc1cccc2c1CN(C1CCC(=O)NC1=O)C2=O. The molecule has 2 aliphatic rings. The Bertz CT molecular complexity index is 2140. The van der Waals surface area contributed by atoms with Gasteiger partial charge in [-0.1, -0.05) is 31.7 Å². The highest BCUT2D eigenvalue weighted by Gasteiger charge is 2.39. The fraction of sp³-hybridized carbons (Fsp3) is 0.429. The number of fused-ring (bicyclic) bond motifs is 2. The van der Waals surface area contributed by atoms with Gasteiger partial charge in [-0.3, -0.25) is 39.2 Å². The highest BCUT2D eigenvalue weighted by molar-refractivity contribution is 6.06. The van der Waals surface area contributed by atoms with Crippen LogP contribution in [0.4, 0.5) is 5.69 Å². The van der Waals surface area contributed by atoms with Crippen molar-refractivity contribution in [2.75, 3.05) is 46.2 Å². The molecule has 1 fully saturated rings. The summed E-state index contributed by atoms with van der Waals surface area (Å²) in [6.07, 6.45) is 11.8. The van der Waals surface area contributed by atoms with E-state index in [1.807, 2.05) is 42.3 Å². The number of aromatic nitrogens is 2. The number of unbranched alkanes of at least 4 members (excludes halogenated alkanes) is 5. The molecule has 14 heteroatoms. The molecule has 4 heterocycles. The molecule has 14 nitrogen and oxygen atoms in total. The fourth-order valence-electron chi connectivity index (χ4n) is 7.62. The van der Waals surface area contributed by atoms with E-state index in [0.717, 1.165) is 78.4 Å². The second-order valence-electron chi connectivity index (χ2n) is 14.5. The average molecular weight is 766 g/mol. The van der Waals surface area contributed by atoms with Gasteiger partial charge in [-0.25, -0.2) is 0 Å². The van der Waals surface area contributed by atoms with E-state index in [2.05, 4.69) is 20.9 Å². The number of pyridine rings is 2. The zero-order chi connectivity index (χ0) is 39.8. The van der Waals surface area contributed by atoms with Crippen molar-refractivity contribution in [2.24, 2.45) is 7.05 Å². The number of methoxy groups -OCH3 is 2. The molecule has 6 rings (SSSR count). The van der Waals surface area contributed by atoms with Gasteiger partial charge in [0.1, 0.15) is 17.5 Å². The highest BCUT2D eigenvalue weighted by atomic mass is 16.5. The number of rotatable bonds is 18. The zero-order valence-electron chi connectivity index (χ0n) is 32.6. The Hall–Kier alpha value is -5.76. The summed E-state index contributed by atoms with van der Waals surface area (Å²) in [5, 5.41) is 10.2. The van der Waals surface area contributed by atoms with Gasteiger partial charge in [0.15, 0.2) is 0 Å². The third-order valence-electron chi connectivity index (χ3n) is 10.6. The predicted molar refractivity (Wildman–Crippen MR) is 214 cm³/mol. The smallest absolute Gasteiger partial charge is 0.259 e. The summed E-state index contributed by atoms with van der Waals surface area (Å²) in [5.74, 6) is 0.327. The first-order chi connectivity index (χ1) is 27.1. The lowest BCUT2D eigenvalue weighted by atomic mass is 9.99. The lowest BCUT2D eigenvalue weighted by molar-refractivity contribution is -0.137. The molecule has 0 radical (unpaired) electrons. The predicted octanol–water partition coefficient (Wildman–Crippen LogP) is 4.38. The van der Waals surface area contributed by atoms with Crippen molar-refractivity contribution in [1.29, 1.82) is 0 Å². The molecule has 2 aromatic heterocycles. The summed E-state index contributed by atoms with van der Waals surface area (Å²) >= 11 is 0. The van der Waals surface area contributed by atoms with Crippen LogP contribution in [0.25, 0.3) is 21.9 Å². The molecule has 4 amide bonds. The van der Waals surface area contributed by atoms with Crippen molar-refractivity contribution in [3.05, 3.63) is 82.0 Å². The number of nitrogens with one attached hydrogen (secondary N) is 3. The molecule has 4 aromatic rings. The Kier molecular flexibility index (Phi) is 13.0. The minimum absolute atomic E-state index is 0.0484. The summed E-state index contributed by atoms with van der Waals surface area (Å²) in [4.78, 5) is 70.2. The Morgan fingerprint density at radius 3 is 2.38 bits per heavy atom. The van der Waals surface area contributed by atoms with Crippen molar-refractivity contribution in [3.63, 3.8) is 0 Å². The molecular formula is C42H51N7O7. The third-order valence-corrected chi connectivity index (χ3v) is 10.6. The zero-order valence-corrected chi connectivity index (χ0v) is 32.6. The van der Waals surface area contributed by atoms with Crippen LogP contribution in [0.2, 0.25) is 0 Å². The normalized spacial score (nSPS) is 15.3. The van der Waals surface area contributed by atoms with Gasteiger partial charge in [0.2, 0.25) is 17.7 Å². The summed E-state index contributed by atoms with van der Waals surface area (Å²) in [5.41, 5.74) is 4.80. The number of ether oxygens (including phenoxy) is 2. The molecule has 3 N–H and O–H groups in total. The summed E-state index contributed by atoms with van der Waals surface area (Å²) < 4.78 is 13.1. The Morgan fingerprint density at radius 1 is 0.946 bits per heavy atom. The maximum atomic E-state index is 13.1. The molecular weight excluding hydrogens is 715 g/mol. The minimum atomic E-state index is -0.624. The van der Waals surface area contributed by atoms with Crippen LogP contribution in [0.5, 0.6) is 11.5 Å². The Labute approximate surface area is 326 Å². The maximum Gasteiger partial charge on any atom is 0.259 e. The topological polar surface area (TPSA) is 164 Å². The lowest BCUT2D eigenvalue weighted by Gasteiger charge is -2.29. The first-order valence-electron chi connectivity index (χ1n) is 19.2. The van der Waals surface area contributed by atoms with Crippen molar-refractivity contribution in [1.82, 2.24) is 30.0 Å². The number of hydrogen-bond acceptors (Lipinski definition) is 10. The quantitative estimate of drug-likeness (QED) is 0.0979. The van der Waals surface area contributed by atoms with Crippen LogP contribution in [-0.4, -0.2) is 89.9 Å². The monoisotopic (exact) mass is 765 g/mol. The Morgan fingerprint density at radius 2 is 1.66 bits per heavy atom. The van der Waals surface area contributed by atoms with Crippen LogP contribution in [-0.2, 0) is 34.5 Å². The molecule has 2 aliphatic heterocycles. The number of benzene rings is 2. The largest absolute Gasteiger partial charge is 0.496 e. The van der Waals surface area contributed by atoms with E-state index in [1.54, 1.807) is 55.4 Å². The molecule has 0 saturated carbocycles. The number of aryl methyl sites for hydroxylation is 1. The lowest BCUT2D eigenvalue weighted by Crippen LogP contribution is -2.52. The van der Waals surface area contributed by atoms with E-state index in [0.29, 0.717) is 48.5 Å². The molecule has 56 heavy (non-hydrogen) atoms. The molecule has 0 bridgehead atoms. The molecule has 1 unspecified atom stereocenters. The van der Waals surface area contributed by atoms with Crippen LogP contribution in [0.3, 0.4) is 0 Å². The van der Waals surface area contributed by atoms with Crippen molar-refractivity contribution >= 4 is 40.1 Å². The fourth-order valence-corrected chi connectivity index (χ4v) is 7.62. The molecule has 296 valence electrons. The van der Waals surface area contributed by atoms with Gasteiger partial charge < -0.3 is 29.6 Å². The number of imide groups is 1. The third kappa shape index (κ3) is 9.02. The minimum Gasteiger partial charge on any atom is -0.496 e. The first-order valence-corrected chi connectivity index (χ1v) is 19.2. The number of carbonyl (C=O) groups excluding carboxylic acids is 4. The number of likely N-dealkylation sites (N-methyl/N-ethyl adjacent to an activating group) is 1. The Balaban J connectivity index is 0.891. The van der Waals surface area contributed by atoms with Gasteiger partial charge in [0.25, 0.3) is 11.5 Å². The van der Waals surface area contributed by atoms with Gasteiger partial charge in [-0.15, -0.1) is 0 Å². The molecule has 0 aliphatic carbocycles. The van der Waals surface area contributed by atoms with Gasteiger partial charge >= 0.3 is 0 Å². The standard InChI is InChI=1S/C42H51N7O7/c1-47(23-33-36(55-3)20-27(21-37(33)56-4)31-24-48(2)41(53)30-22-43-19-16-28(30)31)26-39(51)45-18-10-8-6-5-7-9-17-44-34-13-11-12-29-32(34)25-49(42(29)54)35-14-15-38(50)46-40(35)52/h11-13,16,19-22,24,35,44H,5-10,14-15,17-18,23,25-26H2,1-4H3,(H,45,51)(H,46,50,52). The summed E-state index contributed by atoms with van der Waals surface area (Å²) in [7, 11) is 6.81. The summed E-state index contributed by atoms with van der Waals surface area (Å²) in [6.45, 7) is 2.39. The van der Waals surface area contributed by atoms with Crippen LogP contribution >= 0.6 is 0 Å². The second-order valence-corrected chi connectivity index (χ2v) is 14.5. The van der Waals surface area contributed by atoms with Crippen LogP contribution in [0, 0.1) is 0 Å². The van der Waals surface area contributed by atoms with E-state index in [-0.39, 0.29) is 36.2 Å². The summed E-state index contributed by atoms with van der Waals surface area (Å²) in [6, 6.07) is 10.7. The molecule has 1 saturated heterocycles. The van der Waals surface area contributed by atoms with Gasteiger partial charge in [0.05, 0.1) is 31.7 Å². The second kappa shape index (κ2) is 18.2. The van der Waals surface area contributed by atoms with E-state index < -0.39 is 11.9 Å². The van der Waals surface area contributed by atoms with E-state index in [1.165, 1.54) is 0 Å². The van der Waals surface area contributed by atoms with Crippen molar-refractivity contribution < 1.29 is 28.7 Å². The number of anilines is 1. The van der Waals surface area contributed by atoms with Gasteiger partial charge in [0, 0.05) is 80.6 Å². The van der Waals surface area contributed by atoms with E-state index in [4.69, 9.17) is 9.47 Å². The van der Waals surface area contributed by atoms with Crippen molar-refractivity contribution in [3.8, 4) is 22.6 Å². The molecule has 0 spiro atoms. The molecule has 2 aromatic carbocycles. The first kappa shape index (κ1) is 39.9. The average Bonchev–Trinajstić information content (AvgIpc) is 3.53. The number of carbonyl (C=O) groups is 4.